The molecule has 0 saturated heterocycles. The second-order valence-corrected chi connectivity index (χ2v) is 6.97. The molecule has 0 aromatic heterocycles. The zero-order valence-corrected chi connectivity index (χ0v) is 13.9. The van der Waals surface area contributed by atoms with Crippen LogP contribution in [0.25, 0.3) is 0 Å². The van der Waals surface area contributed by atoms with Crippen molar-refractivity contribution in [3.8, 4) is 0 Å². The van der Waals surface area contributed by atoms with Crippen LogP contribution in [0.2, 0.25) is 5.02 Å². The van der Waals surface area contributed by atoms with E-state index in [1.54, 1.807) is 19.1 Å². The fourth-order valence-corrected chi connectivity index (χ4v) is 3.60. The molecule has 0 aliphatic rings. The molecular formula is C10H15BrCl2N2O2S. The van der Waals surface area contributed by atoms with E-state index in [1.165, 1.54) is 17.4 Å². The van der Waals surface area contributed by atoms with Crippen molar-refractivity contribution in [2.75, 3.05) is 13.6 Å². The van der Waals surface area contributed by atoms with E-state index < -0.39 is 10.0 Å². The topological polar surface area (TPSA) is 63.4 Å². The van der Waals surface area contributed by atoms with E-state index in [-0.39, 0.29) is 34.9 Å². The summed E-state index contributed by atoms with van der Waals surface area (Å²) < 4.78 is 26.4. The lowest BCUT2D eigenvalue weighted by Gasteiger charge is -2.23. The lowest BCUT2D eigenvalue weighted by atomic mass is 10.4. The van der Waals surface area contributed by atoms with Crippen molar-refractivity contribution in [1.82, 2.24) is 4.31 Å². The molecule has 18 heavy (non-hydrogen) atoms. The molecule has 0 saturated carbocycles. The van der Waals surface area contributed by atoms with Gasteiger partial charge in [-0.3, -0.25) is 0 Å². The number of rotatable bonds is 4. The van der Waals surface area contributed by atoms with Gasteiger partial charge in [0.05, 0.1) is 5.02 Å². The Morgan fingerprint density at radius 3 is 2.56 bits per heavy atom. The molecule has 4 nitrogen and oxygen atoms in total. The maximum absolute atomic E-state index is 12.3. The summed E-state index contributed by atoms with van der Waals surface area (Å²) in [5.41, 5.74) is 5.47. The summed E-state index contributed by atoms with van der Waals surface area (Å²) in [6, 6.07) is 4.43. The number of benzene rings is 1. The second-order valence-electron chi connectivity index (χ2n) is 3.68. The first kappa shape index (κ1) is 18.1. The van der Waals surface area contributed by atoms with Crippen LogP contribution >= 0.6 is 39.9 Å². The molecule has 2 N–H and O–H groups in total. The molecule has 0 amide bonds. The molecule has 1 rings (SSSR count). The molecular weight excluding hydrogens is 363 g/mol. The Bertz CT molecular complexity index is 511. The van der Waals surface area contributed by atoms with Gasteiger partial charge in [-0.2, -0.15) is 4.31 Å². The molecule has 0 heterocycles. The molecule has 1 atom stereocenters. The highest BCUT2D eigenvalue weighted by Crippen LogP contribution is 2.27. The summed E-state index contributed by atoms with van der Waals surface area (Å²) >= 11 is 9.14. The van der Waals surface area contributed by atoms with E-state index >= 15 is 0 Å². The molecule has 0 aliphatic heterocycles. The van der Waals surface area contributed by atoms with Gasteiger partial charge in [0.15, 0.2) is 0 Å². The van der Waals surface area contributed by atoms with Gasteiger partial charge in [-0.15, -0.1) is 12.4 Å². The minimum absolute atomic E-state index is 0. The SMILES string of the molecule is CC(CN)N(C)S(=O)(=O)c1cc(Br)ccc1Cl.Cl. The predicted octanol–water partition coefficient (Wildman–Crippen LogP) is 2.49. The van der Waals surface area contributed by atoms with Crippen molar-refractivity contribution in [3.05, 3.63) is 27.7 Å². The average molecular weight is 378 g/mol. The van der Waals surface area contributed by atoms with Crippen LogP contribution in [0.5, 0.6) is 0 Å². The Hall–Kier alpha value is 0.150. The van der Waals surface area contributed by atoms with Crippen LogP contribution in [0.15, 0.2) is 27.6 Å². The zero-order chi connectivity index (χ0) is 13.2. The van der Waals surface area contributed by atoms with Gasteiger partial charge < -0.3 is 5.73 Å². The molecule has 1 aromatic carbocycles. The smallest absolute Gasteiger partial charge is 0.244 e. The molecule has 0 bridgehead atoms. The van der Waals surface area contributed by atoms with Crippen LogP contribution in [0.4, 0.5) is 0 Å². The van der Waals surface area contributed by atoms with Gasteiger partial charge in [0, 0.05) is 24.1 Å². The summed E-state index contributed by atoms with van der Waals surface area (Å²) in [5.74, 6) is 0. The molecule has 0 fully saturated rings. The Balaban J connectivity index is 0.00000289. The Labute approximate surface area is 127 Å². The van der Waals surface area contributed by atoms with E-state index in [9.17, 15) is 8.42 Å². The normalized spacial score (nSPS) is 13.2. The highest BCUT2D eigenvalue weighted by atomic mass is 79.9. The highest BCUT2D eigenvalue weighted by Gasteiger charge is 2.26. The van der Waals surface area contributed by atoms with Crippen molar-refractivity contribution >= 4 is 50.0 Å². The van der Waals surface area contributed by atoms with Gasteiger partial charge in [0.25, 0.3) is 0 Å². The number of nitrogens with zero attached hydrogens (tertiary/aromatic N) is 1. The number of hydrogen-bond acceptors (Lipinski definition) is 3. The quantitative estimate of drug-likeness (QED) is 0.876. The Morgan fingerprint density at radius 1 is 1.50 bits per heavy atom. The summed E-state index contributed by atoms with van der Waals surface area (Å²) in [5, 5.41) is 0.198. The van der Waals surface area contributed by atoms with Crippen LogP contribution in [-0.2, 0) is 10.0 Å². The van der Waals surface area contributed by atoms with Crippen molar-refractivity contribution in [2.45, 2.75) is 17.9 Å². The first-order valence-electron chi connectivity index (χ1n) is 4.94. The Kier molecular flexibility index (Phi) is 7.13. The minimum atomic E-state index is -3.61. The van der Waals surface area contributed by atoms with Gasteiger partial charge >= 0.3 is 0 Å². The van der Waals surface area contributed by atoms with E-state index in [0.29, 0.717) is 4.47 Å². The van der Waals surface area contributed by atoms with E-state index in [1.807, 2.05) is 0 Å². The molecule has 1 unspecified atom stereocenters. The van der Waals surface area contributed by atoms with Crippen molar-refractivity contribution in [3.63, 3.8) is 0 Å². The highest BCUT2D eigenvalue weighted by molar-refractivity contribution is 9.10. The standard InChI is InChI=1S/C10H14BrClN2O2S.ClH/c1-7(6-13)14(2)17(15,16)10-5-8(11)3-4-9(10)12;/h3-5,7H,6,13H2,1-2H3;1H. The third-order valence-electron chi connectivity index (χ3n) is 2.51. The maximum atomic E-state index is 12.3. The molecule has 0 aliphatic carbocycles. The summed E-state index contributed by atoms with van der Waals surface area (Å²) in [6.45, 7) is 1.99. The van der Waals surface area contributed by atoms with Gasteiger partial charge in [-0.1, -0.05) is 27.5 Å². The van der Waals surface area contributed by atoms with Crippen LogP contribution < -0.4 is 5.73 Å². The van der Waals surface area contributed by atoms with E-state index in [0.717, 1.165) is 0 Å². The van der Waals surface area contributed by atoms with Crippen LogP contribution in [0.1, 0.15) is 6.92 Å². The van der Waals surface area contributed by atoms with Gasteiger partial charge in [-0.25, -0.2) is 8.42 Å². The number of likely N-dealkylation sites (N-methyl/N-ethyl adjacent to an activating group) is 1. The van der Waals surface area contributed by atoms with Crippen molar-refractivity contribution < 1.29 is 8.42 Å². The largest absolute Gasteiger partial charge is 0.329 e. The van der Waals surface area contributed by atoms with E-state index in [4.69, 9.17) is 17.3 Å². The number of halogens is 3. The molecule has 0 spiro atoms. The summed E-state index contributed by atoms with van der Waals surface area (Å²) in [6.07, 6.45) is 0. The first-order chi connectivity index (χ1) is 7.80. The molecule has 0 radical (unpaired) electrons. The van der Waals surface area contributed by atoms with Crippen LogP contribution in [-0.4, -0.2) is 32.4 Å². The number of sulfonamides is 1. The molecule has 8 heteroatoms. The Morgan fingerprint density at radius 2 is 2.06 bits per heavy atom. The summed E-state index contributed by atoms with van der Waals surface area (Å²) in [7, 11) is -2.12. The van der Waals surface area contributed by atoms with Crippen molar-refractivity contribution in [1.29, 1.82) is 0 Å². The first-order valence-corrected chi connectivity index (χ1v) is 7.55. The van der Waals surface area contributed by atoms with Crippen molar-refractivity contribution in [2.24, 2.45) is 5.73 Å². The summed E-state index contributed by atoms with van der Waals surface area (Å²) in [4.78, 5) is 0.0799. The fourth-order valence-electron chi connectivity index (χ4n) is 1.22. The maximum Gasteiger partial charge on any atom is 0.244 e. The van der Waals surface area contributed by atoms with Crippen LogP contribution in [0.3, 0.4) is 0 Å². The third kappa shape index (κ3) is 3.82. The van der Waals surface area contributed by atoms with Gasteiger partial charge in [0.1, 0.15) is 4.90 Å². The minimum Gasteiger partial charge on any atom is -0.329 e. The lowest BCUT2D eigenvalue weighted by molar-refractivity contribution is 0.394. The second kappa shape index (κ2) is 7.07. The van der Waals surface area contributed by atoms with Gasteiger partial charge in [-0.05, 0) is 25.1 Å². The zero-order valence-electron chi connectivity index (χ0n) is 9.93. The van der Waals surface area contributed by atoms with Crippen LogP contribution in [0, 0.1) is 0 Å². The molecule has 104 valence electrons. The third-order valence-corrected chi connectivity index (χ3v) is 5.46. The average Bonchev–Trinajstić information content (AvgIpc) is 2.30. The predicted molar refractivity (Wildman–Crippen MR) is 79.9 cm³/mol. The molecule has 1 aromatic rings. The lowest BCUT2D eigenvalue weighted by Crippen LogP contribution is -2.39. The monoisotopic (exact) mass is 376 g/mol. The van der Waals surface area contributed by atoms with Gasteiger partial charge in [0.2, 0.25) is 10.0 Å². The number of hydrogen-bond donors (Lipinski definition) is 1. The fraction of sp³-hybridized carbons (Fsp3) is 0.400. The number of nitrogens with two attached hydrogens (primary N) is 1. The van der Waals surface area contributed by atoms with E-state index in [2.05, 4.69) is 15.9 Å².